The van der Waals surface area contributed by atoms with Crippen molar-refractivity contribution in [2.75, 3.05) is 5.32 Å². The largest absolute Gasteiger partial charge is 0.320 e. The number of carbonyl (C=O) groups excluding carboxylic acids is 1. The van der Waals surface area contributed by atoms with Crippen LogP contribution in [-0.2, 0) is 0 Å². The Labute approximate surface area is 191 Å². The Hall–Kier alpha value is -4.17. The summed E-state index contributed by atoms with van der Waals surface area (Å²) >= 11 is 1.33. The number of aromatic amines is 1. The summed E-state index contributed by atoms with van der Waals surface area (Å²) < 4.78 is 27.3. The quantitative estimate of drug-likeness (QED) is 0.320. The summed E-state index contributed by atoms with van der Waals surface area (Å²) in [6.45, 7) is 0. The Morgan fingerprint density at radius 3 is 2.39 bits per heavy atom. The Morgan fingerprint density at radius 1 is 0.879 bits per heavy atom. The lowest BCUT2D eigenvalue weighted by Crippen LogP contribution is -2.13. The highest BCUT2D eigenvalue weighted by atomic mass is 32.1. The number of aromatic nitrogens is 3. The van der Waals surface area contributed by atoms with E-state index >= 15 is 0 Å². The summed E-state index contributed by atoms with van der Waals surface area (Å²) in [5, 5.41) is 12.1. The van der Waals surface area contributed by atoms with E-state index in [0.717, 1.165) is 0 Å². The molecule has 0 saturated heterocycles. The molecule has 0 unspecified atom stereocenters. The summed E-state index contributed by atoms with van der Waals surface area (Å²) in [6.07, 6.45) is 0. The number of hydrogen-bond acceptors (Lipinski definition) is 4. The van der Waals surface area contributed by atoms with E-state index in [1.54, 1.807) is 48.5 Å². The molecule has 8 heteroatoms. The third-order valence-corrected chi connectivity index (χ3v) is 5.90. The summed E-state index contributed by atoms with van der Waals surface area (Å²) in [5.74, 6) is -1.06. The number of benzene rings is 3. The zero-order chi connectivity index (χ0) is 22.8. The fourth-order valence-corrected chi connectivity index (χ4v) is 4.21. The van der Waals surface area contributed by atoms with Crippen LogP contribution >= 0.6 is 11.3 Å². The molecule has 0 aliphatic rings. The number of rotatable bonds is 5. The van der Waals surface area contributed by atoms with Gasteiger partial charge in [-0.3, -0.25) is 9.89 Å². The maximum absolute atomic E-state index is 14.2. The molecule has 1 amide bonds. The molecule has 2 N–H and O–H groups in total. The van der Waals surface area contributed by atoms with Crippen molar-refractivity contribution in [3.8, 4) is 33.1 Å². The van der Waals surface area contributed by atoms with Gasteiger partial charge in [0.2, 0.25) is 0 Å². The van der Waals surface area contributed by atoms with Gasteiger partial charge in [0.05, 0.1) is 17.1 Å². The Bertz CT molecular complexity index is 1440. The smallest absolute Gasteiger partial charge is 0.273 e. The number of nitrogens with one attached hydrogen (secondary N) is 2. The second-order valence-corrected chi connectivity index (χ2v) is 8.05. The molecular formula is C25H16F2N4OS. The molecule has 5 nitrogen and oxygen atoms in total. The number of halogens is 2. The molecule has 0 saturated carbocycles. The predicted molar refractivity (Wildman–Crippen MR) is 125 cm³/mol. The lowest BCUT2D eigenvalue weighted by atomic mass is 10.1. The van der Waals surface area contributed by atoms with Crippen LogP contribution in [0.5, 0.6) is 0 Å². The number of carbonyl (C=O) groups is 1. The molecule has 5 aromatic rings. The minimum absolute atomic E-state index is 0.259. The lowest BCUT2D eigenvalue weighted by molar-refractivity contribution is 0.102. The van der Waals surface area contributed by atoms with Gasteiger partial charge in [-0.15, -0.1) is 11.3 Å². The van der Waals surface area contributed by atoms with Crippen molar-refractivity contribution in [3.63, 3.8) is 0 Å². The molecule has 0 atom stereocenters. The van der Waals surface area contributed by atoms with E-state index in [1.165, 1.54) is 29.5 Å². The highest BCUT2D eigenvalue weighted by Crippen LogP contribution is 2.33. The van der Waals surface area contributed by atoms with Crippen LogP contribution in [0.2, 0.25) is 0 Å². The minimum atomic E-state index is -0.382. The van der Waals surface area contributed by atoms with Crippen molar-refractivity contribution in [2.45, 2.75) is 0 Å². The van der Waals surface area contributed by atoms with Gasteiger partial charge in [0.15, 0.2) is 0 Å². The number of H-pyrrole nitrogens is 1. The first kappa shape index (κ1) is 20.7. The SMILES string of the molecule is O=C(Nc1ccccc1-c1csc(-c2ccccc2F)n1)c1cc(-c2ccc(F)cc2)n[nH]1. The second kappa shape index (κ2) is 8.76. The van der Waals surface area contributed by atoms with E-state index in [9.17, 15) is 13.6 Å². The van der Waals surface area contributed by atoms with Gasteiger partial charge in [-0.25, -0.2) is 13.8 Å². The Morgan fingerprint density at radius 2 is 1.61 bits per heavy atom. The van der Waals surface area contributed by atoms with E-state index in [2.05, 4.69) is 20.5 Å². The van der Waals surface area contributed by atoms with Crippen molar-refractivity contribution in [2.24, 2.45) is 0 Å². The van der Waals surface area contributed by atoms with Crippen LogP contribution in [0, 0.1) is 11.6 Å². The highest BCUT2D eigenvalue weighted by molar-refractivity contribution is 7.13. The van der Waals surface area contributed by atoms with Gasteiger partial charge in [-0.2, -0.15) is 5.10 Å². The summed E-state index contributed by atoms with van der Waals surface area (Å²) in [5.41, 5.74) is 3.81. The van der Waals surface area contributed by atoms with Gasteiger partial charge in [0.1, 0.15) is 22.3 Å². The monoisotopic (exact) mass is 458 g/mol. The number of nitrogens with zero attached hydrogens (tertiary/aromatic N) is 2. The fourth-order valence-electron chi connectivity index (χ4n) is 3.37. The third-order valence-electron chi connectivity index (χ3n) is 5.02. The van der Waals surface area contributed by atoms with Gasteiger partial charge in [-0.05, 0) is 48.5 Å². The first-order chi connectivity index (χ1) is 16.1. The van der Waals surface area contributed by atoms with Crippen molar-refractivity contribution in [1.29, 1.82) is 0 Å². The predicted octanol–water partition coefficient (Wildman–Crippen LogP) is 6.40. The second-order valence-electron chi connectivity index (χ2n) is 7.19. The van der Waals surface area contributed by atoms with E-state index in [4.69, 9.17) is 0 Å². The fraction of sp³-hybridized carbons (Fsp3) is 0. The molecule has 0 aliphatic carbocycles. The lowest BCUT2D eigenvalue weighted by Gasteiger charge is -2.08. The van der Waals surface area contributed by atoms with Crippen LogP contribution in [0.4, 0.5) is 14.5 Å². The van der Waals surface area contributed by atoms with Crippen LogP contribution in [0.1, 0.15) is 10.5 Å². The first-order valence-electron chi connectivity index (χ1n) is 10.0. The number of para-hydroxylation sites is 1. The van der Waals surface area contributed by atoms with Crippen LogP contribution < -0.4 is 5.32 Å². The van der Waals surface area contributed by atoms with Gasteiger partial charge < -0.3 is 5.32 Å². The zero-order valence-corrected chi connectivity index (χ0v) is 17.9. The topological polar surface area (TPSA) is 70.7 Å². The molecule has 0 spiro atoms. The molecule has 0 radical (unpaired) electrons. The number of hydrogen-bond donors (Lipinski definition) is 2. The van der Waals surface area contributed by atoms with E-state index in [-0.39, 0.29) is 23.2 Å². The van der Waals surface area contributed by atoms with Gasteiger partial charge in [0, 0.05) is 22.1 Å². The minimum Gasteiger partial charge on any atom is -0.320 e. The van der Waals surface area contributed by atoms with Crippen LogP contribution in [0.3, 0.4) is 0 Å². The summed E-state index contributed by atoms with van der Waals surface area (Å²) in [6, 6.07) is 21.2. The number of anilines is 1. The van der Waals surface area contributed by atoms with E-state index in [0.29, 0.717) is 38.8 Å². The normalized spacial score (nSPS) is 10.8. The molecule has 0 fully saturated rings. The third kappa shape index (κ3) is 4.28. The first-order valence-corrected chi connectivity index (χ1v) is 10.9. The van der Waals surface area contributed by atoms with Crippen molar-refractivity contribution in [3.05, 3.63) is 102 Å². The Balaban J connectivity index is 1.40. The number of amides is 1. The van der Waals surface area contributed by atoms with Crippen molar-refractivity contribution < 1.29 is 13.6 Å². The molecule has 2 heterocycles. The van der Waals surface area contributed by atoms with Gasteiger partial charge >= 0.3 is 0 Å². The maximum Gasteiger partial charge on any atom is 0.273 e. The molecule has 162 valence electrons. The molecule has 33 heavy (non-hydrogen) atoms. The molecule has 3 aromatic carbocycles. The number of thiazole rings is 1. The standard InChI is InChI=1S/C25H16F2N4OS/c26-16-11-9-15(10-12-16)21-13-22(31-30-21)24(32)28-20-8-4-2-6-18(20)23-14-33-25(29-23)17-5-1-3-7-19(17)27/h1-14H,(H,28,32)(H,30,31). The highest BCUT2D eigenvalue weighted by Gasteiger charge is 2.16. The van der Waals surface area contributed by atoms with E-state index in [1.807, 2.05) is 17.5 Å². The average molecular weight is 458 g/mol. The Kier molecular flexibility index (Phi) is 5.50. The van der Waals surface area contributed by atoms with Crippen LogP contribution in [0.25, 0.3) is 33.1 Å². The van der Waals surface area contributed by atoms with Crippen LogP contribution in [-0.4, -0.2) is 21.1 Å². The van der Waals surface area contributed by atoms with Crippen LogP contribution in [0.15, 0.2) is 84.2 Å². The van der Waals surface area contributed by atoms with Crippen molar-refractivity contribution in [1.82, 2.24) is 15.2 Å². The molecule has 0 bridgehead atoms. The average Bonchev–Trinajstić information content (AvgIpc) is 3.51. The molecule has 2 aromatic heterocycles. The van der Waals surface area contributed by atoms with Gasteiger partial charge in [-0.1, -0.05) is 30.3 Å². The zero-order valence-electron chi connectivity index (χ0n) is 17.0. The summed E-state index contributed by atoms with van der Waals surface area (Å²) in [4.78, 5) is 17.4. The molecule has 0 aliphatic heterocycles. The van der Waals surface area contributed by atoms with E-state index < -0.39 is 0 Å². The van der Waals surface area contributed by atoms with Gasteiger partial charge in [0.25, 0.3) is 5.91 Å². The van der Waals surface area contributed by atoms with Crippen molar-refractivity contribution >= 4 is 22.9 Å². The molecule has 5 rings (SSSR count). The molecular weight excluding hydrogens is 442 g/mol. The maximum atomic E-state index is 14.2. The summed E-state index contributed by atoms with van der Waals surface area (Å²) in [7, 11) is 0.